The number of carboxylic acid groups (broad SMARTS) is 1. The van der Waals surface area contributed by atoms with Crippen molar-refractivity contribution in [1.29, 1.82) is 0 Å². The van der Waals surface area contributed by atoms with E-state index in [0.29, 0.717) is 0 Å². The molecule has 0 spiro atoms. The summed E-state index contributed by atoms with van der Waals surface area (Å²) in [4.78, 5) is 63.2. The Hall–Kier alpha value is -4.41. The number of aliphatic carboxylic acids is 1. The van der Waals surface area contributed by atoms with Gasteiger partial charge in [-0.25, -0.2) is 19.2 Å². The average Bonchev–Trinajstić information content (AvgIpc) is 2.90. The number of carbonyl (C=O) groups is 5. The monoisotopic (exact) mass is 559 g/mol. The number of carboxylic acids is 1. The number of carbonyl (C=O) groups excluding carboxylic acids is 4. The van der Waals surface area contributed by atoms with Gasteiger partial charge >= 0.3 is 23.9 Å². The molecule has 0 heterocycles. The van der Waals surface area contributed by atoms with E-state index >= 15 is 0 Å². The molecule has 0 aliphatic heterocycles. The number of hydrogen-bond donors (Lipinski definition) is 2. The first-order valence-electron chi connectivity index (χ1n) is 10.8. The Bertz CT molecular complexity index is 1390. The average molecular weight is 560 g/mol. The number of anilines is 1. The van der Waals surface area contributed by atoms with Crippen molar-refractivity contribution in [3.05, 3.63) is 99.5 Å². The molecule has 0 unspecified atom stereocenters. The molecule has 38 heavy (non-hydrogen) atoms. The van der Waals surface area contributed by atoms with Gasteiger partial charge in [-0.05, 0) is 36.4 Å². The summed E-state index contributed by atoms with van der Waals surface area (Å²) < 4.78 is 15.0. The minimum Gasteiger partial charge on any atom is -0.478 e. The third-order valence-corrected chi connectivity index (χ3v) is 5.68. The Morgan fingerprint density at radius 2 is 1.13 bits per heavy atom. The molecule has 0 saturated heterocycles. The lowest BCUT2D eigenvalue weighted by Crippen LogP contribution is -2.48. The lowest BCUT2D eigenvalue weighted by molar-refractivity contribution is -0.157. The molecule has 0 aromatic heterocycles. The summed E-state index contributed by atoms with van der Waals surface area (Å²) >= 11 is 12.0. The van der Waals surface area contributed by atoms with Gasteiger partial charge in [0.25, 0.3) is 5.91 Å². The van der Waals surface area contributed by atoms with Gasteiger partial charge in [-0.2, -0.15) is 0 Å². The normalized spacial score (nSPS) is 12.0. The summed E-state index contributed by atoms with van der Waals surface area (Å²) in [5.74, 6) is -6.19. The summed E-state index contributed by atoms with van der Waals surface area (Å²) in [7, 11) is 1.13. The molecular formula is C26H19Cl2NO9. The van der Waals surface area contributed by atoms with Gasteiger partial charge in [0.05, 0.1) is 39.5 Å². The number of rotatable bonds is 9. The quantitative estimate of drug-likeness (QED) is 0.290. The first kappa shape index (κ1) is 28.2. The van der Waals surface area contributed by atoms with Crippen molar-refractivity contribution in [1.82, 2.24) is 0 Å². The fraction of sp³-hybridized carbons (Fsp3) is 0.115. The second kappa shape index (κ2) is 12.7. The van der Waals surface area contributed by atoms with Crippen LogP contribution in [-0.4, -0.2) is 54.2 Å². The van der Waals surface area contributed by atoms with Crippen molar-refractivity contribution in [2.24, 2.45) is 0 Å². The van der Waals surface area contributed by atoms with Gasteiger partial charge in [-0.1, -0.05) is 59.6 Å². The molecule has 196 valence electrons. The van der Waals surface area contributed by atoms with E-state index in [1.807, 2.05) is 0 Å². The van der Waals surface area contributed by atoms with Gasteiger partial charge < -0.3 is 24.6 Å². The van der Waals surface area contributed by atoms with Crippen LogP contribution in [0.1, 0.15) is 31.1 Å². The number of amides is 1. The minimum absolute atomic E-state index is 0.0346. The first-order chi connectivity index (χ1) is 18.1. The smallest absolute Gasteiger partial charge is 0.349 e. The highest BCUT2D eigenvalue weighted by Gasteiger charge is 2.41. The van der Waals surface area contributed by atoms with Crippen LogP contribution in [0.25, 0.3) is 0 Å². The molecule has 0 aliphatic carbocycles. The molecule has 2 N–H and O–H groups in total. The van der Waals surface area contributed by atoms with E-state index in [1.165, 1.54) is 66.7 Å². The fourth-order valence-corrected chi connectivity index (χ4v) is 3.62. The Morgan fingerprint density at radius 3 is 1.61 bits per heavy atom. The van der Waals surface area contributed by atoms with Crippen molar-refractivity contribution in [2.75, 3.05) is 12.4 Å². The molecule has 0 aliphatic rings. The molecule has 0 radical (unpaired) electrons. The highest BCUT2D eigenvalue weighted by Crippen LogP contribution is 2.23. The van der Waals surface area contributed by atoms with E-state index in [9.17, 15) is 29.1 Å². The van der Waals surface area contributed by atoms with Crippen LogP contribution >= 0.6 is 23.2 Å². The van der Waals surface area contributed by atoms with Crippen LogP contribution < -0.4 is 5.32 Å². The molecule has 10 nitrogen and oxygen atoms in total. The summed E-state index contributed by atoms with van der Waals surface area (Å²) in [6.07, 6.45) is -4.55. The topological polar surface area (TPSA) is 145 Å². The number of nitrogens with one attached hydrogen (secondary N) is 1. The predicted octanol–water partition coefficient (Wildman–Crippen LogP) is 4.25. The second-order valence-corrected chi connectivity index (χ2v) is 8.29. The summed E-state index contributed by atoms with van der Waals surface area (Å²) in [5.41, 5.74) is -0.513. The first-order valence-corrected chi connectivity index (χ1v) is 11.5. The van der Waals surface area contributed by atoms with Gasteiger partial charge in [0, 0.05) is 0 Å². The minimum atomic E-state index is -2.32. The summed E-state index contributed by atoms with van der Waals surface area (Å²) in [5, 5.41) is 12.1. The van der Waals surface area contributed by atoms with Crippen LogP contribution in [0.2, 0.25) is 10.0 Å². The third-order valence-electron chi connectivity index (χ3n) is 5.02. The number of methoxy groups -OCH3 is 1. The van der Waals surface area contributed by atoms with Crippen LogP contribution in [0.5, 0.6) is 0 Å². The zero-order valence-electron chi connectivity index (χ0n) is 19.6. The van der Waals surface area contributed by atoms with Gasteiger partial charge in [0.15, 0.2) is 0 Å². The van der Waals surface area contributed by atoms with Gasteiger partial charge in [-0.15, -0.1) is 0 Å². The van der Waals surface area contributed by atoms with Crippen LogP contribution in [0.4, 0.5) is 5.69 Å². The van der Waals surface area contributed by atoms with E-state index in [4.69, 9.17) is 32.7 Å². The van der Waals surface area contributed by atoms with Crippen molar-refractivity contribution >= 4 is 58.7 Å². The maximum Gasteiger partial charge on any atom is 0.349 e. The molecule has 0 saturated carbocycles. The lowest BCUT2D eigenvalue weighted by atomic mass is 10.1. The SMILES string of the molecule is COC(=O)c1ccccc1NC(=O)[C@H](OC(=O)c1ccccc1Cl)[C@@H](OC(=O)c1ccccc1Cl)C(=O)O. The maximum absolute atomic E-state index is 13.3. The molecule has 0 fully saturated rings. The summed E-state index contributed by atoms with van der Waals surface area (Å²) in [6, 6.07) is 17.0. The van der Waals surface area contributed by atoms with E-state index < -0.39 is 42.0 Å². The van der Waals surface area contributed by atoms with Crippen LogP contribution in [0.15, 0.2) is 72.8 Å². The van der Waals surface area contributed by atoms with Crippen LogP contribution in [-0.2, 0) is 23.8 Å². The Kier molecular flexibility index (Phi) is 9.42. The number of benzene rings is 3. The van der Waals surface area contributed by atoms with E-state index in [0.717, 1.165) is 7.11 Å². The Balaban J connectivity index is 1.99. The zero-order valence-corrected chi connectivity index (χ0v) is 21.1. The highest BCUT2D eigenvalue weighted by molar-refractivity contribution is 6.34. The molecule has 3 rings (SSSR count). The summed E-state index contributed by atoms with van der Waals surface area (Å²) in [6.45, 7) is 0. The van der Waals surface area contributed by atoms with E-state index in [2.05, 4.69) is 10.1 Å². The van der Waals surface area contributed by atoms with E-state index in [-0.39, 0.29) is 32.4 Å². The molecular weight excluding hydrogens is 541 g/mol. The van der Waals surface area contributed by atoms with Gasteiger partial charge in [0.2, 0.25) is 12.2 Å². The number of esters is 3. The molecule has 1 amide bonds. The Morgan fingerprint density at radius 1 is 0.684 bits per heavy atom. The van der Waals surface area contributed by atoms with Crippen LogP contribution in [0.3, 0.4) is 0 Å². The van der Waals surface area contributed by atoms with Crippen molar-refractivity contribution in [3.8, 4) is 0 Å². The molecule has 3 aromatic rings. The molecule has 12 heteroatoms. The van der Waals surface area contributed by atoms with Gasteiger partial charge in [-0.3, -0.25) is 4.79 Å². The van der Waals surface area contributed by atoms with Crippen LogP contribution in [0, 0.1) is 0 Å². The highest BCUT2D eigenvalue weighted by atomic mass is 35.5. The molecule has 2 atom stereocenters. The molecule has 3 aromatic carbocycles. The number of para-hydroxylation sites is 1. The second-order valence-electron chi connectivity index (χ2n) is 7.48. The fourth-order valence-electron chi connectivity index (χ4n) is 3.19. The maximum atomic E-state index is 13.3. The Labute approximate surface area is 226 Å². The number of ether oxygens (including phenoxy) is 3. The largest absolute Gasteiger partial charge is 0.478 e. The molecule has 0 bridgehead atoms. The van der Waals surface area contributed by atoms with Crippen molar-refractivity contribution in [3.63, 3.8) is 0 Å². The van der Waals surface area contributed by atoms with Crippen molar-refractivity contribution in [2.45, 2.75) is 12.2 Å². The predicted molar refractivity (Wildman–Crippen MR) is 135 cm³/mol. The standard InChI is InChI=1S/C26H19Cl2NO9/c1-36-24(33)16-10-4-7-13-19(16)29-22(30)20(37-25(34)14-8-2-5-11-17(14)27)21(23(31)32)38-26(35)15-9-3-6-12-18(15)28/h2-13,20-21H,1H3,(H,29,30)(H,31,32)/t20-,21-/m1/s1. The van der Waals surface area contributed by atoms with Gasteiger partial charge in [0.1, 0.15) is 0 Å². The van der Waals surface area contributed by atoms with E-state index in [1.54, 1.807) is 6.07 Å². The number of halogens is 2. The van der Waals surface area contributed by atoms with Crippen molar-refractivity contribution < 1.29 is 43.3 Å². The number of hydrogen-bond acceptors (Lipinski definition) is 8. The third kappa shape index (κ3) is 6.67. The zero-order chi connectivity index (χ0) is 27.8. The lowest BCUT2D eigenvalue weighted by Gasteiger charge is -2.24.